The molecule has 0 saturated heterocycles. The van der Waals surface area contributed by atoms with E-state index in [2.05, 4.69) is 0 Å². The minimum absolute atomic E-state index is 0.0256. The number of Topliss-reactive ketones (excluding diaryl/α,β-unsaturated/α-hetero) is 1. The highest BCUT2D eigenvalue weighted by Gasteiger charge is 2.35. The summed E-state index contributed by atoms with van der Waals surface area (Å²) in [4.78, 5) is 25.3. The lowest BCUT2D eigenvalue weighted by Crippen LogP contribution is -2.29. The van der Waals surface area contributed by atoms with E-state index < -0.39 is 23.3 Å². The molecule has 0 atom stereocenters. The van der Waals surface area contributed by atoms with Gasteiger partial charge in [-0.2, -0.15) is 0 Å². The van der Waals surface area contributed by atoms with Crippen molar-refractivity contribution in [3.8, 4) is 0 Å². The van der Waals surface area contributed by atoms with Crippen LogP contribution < -0.4 is 4.90 Å². The summed E-state index contributed by atoms with van der Waals surface area (Å²) in [5.41, 5.74) is 2.15. The third-order valence-electron chi connectivity index (χ3n) is 3.45. The standard InChI is InChI=1S/C16H11F2NO2/c1-9-2-5-14-11(6-9)15(20)16(21)19(14)8-10-3-4-12(17)13(18)7-10/h2-7H,8H2,1H3. The second-order valence-corrected chi connectivity index (χ2v) is 4.99. The van der Waals surface area contributed by atoms with E-state index in [1.807, 2.05) is 6.92 Å². The molecule has 0 radical (unpaired) electrons. The Morgan fingerprint density at radius 2 is 1.76 bits per heavy atom. The Hall–Kier alpha value is -2.56. The molecule has 1 aliphatic rings. The fraction of sp³-hybridized carbons (Fsp3) is 0.125. The maximum atomic E-state index is 13.2. The van der Waals surface area contributed by atoms with Crippen molar-refractivity contribution in [1.29, 1.82) is 0 Å². The van der Waals surface area contributed by atoms with Gasteiger partial charge in [0.05, 0.1) is 17.8 Å². The predicted octanol–water partition coefficient (Wildman–Crippen LogP) is 3.00. The molecule has 2 aromatic rings. The van der Waals surface area contributed by atoms with Gasteiger partial charge in [0.25, 0.3) is 11.7 Å². The van der Waals surface area contributed by atoms with Crippen LogP contribution in [0.5, 0.6) is 0 Å². The van der Waals surface area contributed by atoms with Crippen molar-refractivity contribution in [1.82, 2.24) is 0 Å². The summed E-state index contributed by atoms with van der Waals surface area (Å²) in [7, 11) is 0. The normalized spacial score (nSPS) is 13.8. The summed E-state index contributed by atoms with van der Waals surface area (Å²) in [6, 6.07) is 8.56. The summed E-state index contributed by atoms with van der Waals surface area (Å²) in [5, 5.41) is 0. The van der Waals surface area contributed by atoms with Gasteiger partial charge in [-0.1, -0.05) is 17.7 Å². The molecule has 3 rings (SSSR count). The van der Waals surface area contributed by atoms with Gasteiger partial charge in [-0.3, -0.25) is 9.59 Å². The van der Waals surface area contributed by atoms with Crippen molar-refractivity contribution in [2.24, 2.45) is 0 Å². The van der Waals surface area contributed by atoms with E-state index in [0.717, 1.165) is 17.7 Å². The van der Waals surface area contributed by atoms with Crippen LogP contribution in [-0.2, 0) is 11.3 Å². The predicted molar refractivity (Wildman–Crippen MR) is 73.1 cm³/mol. The van der Waals surface area contributed by atoms with Crippen LogP contribution in [0.2, 0.25) is 0 Å². The summed E-state index contributed by atoms with van der Waals surface area (Å²) < 4.78 is 26.2. The Morgan fingerprint density at radius 3 is 2.48 bits per heavy atom. The third kappa shape index (κ3) is 2.20. The lowest BCUT2D eigenvalue weighted by molar-refractivity contribution is -0.114. The lowest BCUT2D eigenvalue weighted by Gasteiger charge is -2.16. The van der Waals surface area contributed by atoms with Crippen molar-refractivity contribution in [2.75, 3.05) is 4.90 Å². The number of hydrogen-bond donors (Lipinski definition) is 0. The molecular formula is C16H11F2NO2. The molecule has 5 heteroatoms. The Kier molecular flexibility index (Phi) is 3.05. The van der Waals surface area contributed by atoms with E-state index in [1.54, 1.807) is 18.2 Å². The summed E-state index contributed by atoms with van der Waals surface area (Å²) in [6.07, 6.45) is 0. The lowest BCUT2D eigenvalue weighted by atomic mass is 10.1. The SMILES string of the molecule is Cc1ccc2c(c1)C(=O)C(=O)N2Cc1ccc(F)c(F)c1. The van der Waals surface area contributed by atoms with Crippen LogP contribution in [0.25, 0.3) is 0 Å². The number of halogens is 2. The van der Waals surface area contributed by atoms with Crippen LogP contribution in [0.3, 0.4) is 0 Å². The monoisotopic (exact) mass is 287 g/mol. The molecule has 0 aliphatic carbocycles. The Morgan fingerprint density at radius 1 is 1.00 bits per heavy atom. The summed E-state index contributed by atoms with van der Waals surface area (Å²) in [6.45, 7) is 1.86. The zero-order valence-corrected chi connectivity index (χ0v) is 11.2. The van der Waals surface area contributed by atoms with Gasteiger partial charge in [-0.25, -0.2) is 8.78 Å². The number of carbonyl (C=O) groups excluding carboxylic acids is 2. The molecule has 2 aromatic carbocycles. The summed E-state index contributed by atoms with van der Waals surface area (Å²) in [5.74, 6) is -3.15. The van der Waals surface area contributed by atoms with Gasteiger partial charge in [0.15, 0.2) is 11.6 Å². The molecule has 0 fully saturated rings. The smallest absolute Gasteiger partial charge is 0.299 e. The van der Waals surface area contributed by atoms with Crippen molar-refractivity contribution >= 4 is 17.4 Å². The second-order valence-electron chi connectivity index (χ2n) is 4.99. The largest absolute Gasteiger partial charge is 0.300 e. The quantitative estimate of drug-likeness (QED) is 0.796. The third-order valence-corrected chi connectivity index (χ3v) is 3.45. The van der Waals surface area contributed by atoms with Crippen molar-refractivity contribution < 1.29 is 18.4 Å². The summed E-state index contributed by atoms with van der Waals surface area (Å²) >= 11 is 0. The van der Waals surface area contributed by atoms with E-state index in [-0.39, 0.29) is 6.54 Å². The van der Waals surface area contributed by atoms with Gasteiger partial charge in [0.2, 0.25) is 0 Å². The van der Waals surface area contributed by atoms with Gasteiger partial charge < -0.3 is 4.90 Å². The van der Waals surface area contributed by atoms with E-state index in [1.165, 1.54) is 11.0 Å². The molecular weight excluding hydrogens is 276 g/mol. The molecule has 0 aromatic heterocycles. The van der Waals surface area contributed by atoms with Crippen LogP contribution in [0, 0.1) is 18.6 Å². The molecule has 0 spiro atoms. The molecule has 0 unspecified atom stereocenters. The maximum Gasteiger partial charge on any atom is 0.299 e. The molecule has 3 nitrogen and oxygen atoms in total. The number of hydrogen-bond acceptors (Lipinski definition) is 2. The number of rotatable bonds is 2. The highest BCUT2D eigenvalue weighted by Crippen LogP contribution is 2.31. The molecule has 0 N–H and O–H groups in total. The first-order valence-electron chi connectivity index (χ1n) is 6.38. The van der Waals surface area contributed by atoms with Crippen LogP contribution in [0.4, 0.5) is 14.5 Å². The highest BCUT2D eigenvalue weighted by atomic mass is 19.2. The van der Waals surface area contributed by atoms with E-state index >= 15 is 0 Å². The fourth-order valence-corrected chi connectivity index (χ4v) is 2.39. The first-order chi connectivity index (χ1) is 9.97. The number of fused-ring (bicyclic) bond motifs is 1. The van der Waals surface area contributed by atoms with E-state index in [9.17, 15) is 18.4 Å². The fourth-order valence-electron chi connectivity index (χ4n) is 2.39. The molecule has 1 aliphatic heterocycles. The first-order valence-corrected chi connectivity index (χ1v) is 6.38. The Balaban J connectivity index is 1.98. The zero-order valence-electron chi connectivity index (χ0n) is 11.2. The molecule has 0 bridgehead atoms. The Labute approximate surface area is 119 Å². The number of nitrogens with zero attached hydrogens (tertiary/aromatic N) is 1. The first kappa shape index (κ1) is 13.4. The van der Waals surface area contributed by atoms with Crippen molar-refractivity contribution in [3.05, 3.63) is 64.7 Å². The highest BCUT2D eigenvalue weighted by molar-refractivity contribution is 6.52. The van der Waals surface area contributed by atoms with Gasteiger partial charge >= 0.3 is 0 Å². The average molecular weight is 287 g/mol. The van der Waals surface area contributed by atoms with Crippen LogP contribution >= 0.6 is 0 Å². The molecule has 21 heavy (non-hydrogen) atoms. The minimum atomic E-state index is -0.977. The molecule has 106 valence electrons. The van der Waals surface area contributed by atoms with E-state index in [0.29, 0.717) is 16.8 Å². The number of amides is 1. The zero-order chi connectivity index (χ0) is 15.1. The van der Waals surface area contributed by atoms with Gasteiger partial charge in [-0.05, 0) is 36.8 Å². The minimum Gasteiger partial charge on any atom is -0.300 e. The number of carbonyl (C=O) groups is 2. The maximum absolute atomic E-state index is 13.2. The molecule has 0 saturated carbocycles. The number of benzene rings is 2. The van der Waals surface area contributed by atoms with Crippen molar-refractivity contribution in [2.45, 2.75) is 13.5 Å². The topological polar surface area (TPSA) is 37.4 Å². The molecule has 1 heterocycles. The van der Waals surface area contributed by atoms with Gasteiger partial charge in [0, 0.05) is 0 Å². The second kappa shape index (κ2) is 4.77. The van der Waals surface area contributed by atoms with Gasteiger partial charge in [-0.15, -0.1) is 0 Å². The van der Waals surface area contributed by atoms with Gasteiger partial charge in [0.1, 0.15) is 0 Å². The Bertz CT molecular complexity index is 771. The average Bonchev–Trinajstić information content (AvgIpc) is 2.68. The number of ketones is 1. The van der Waals surface area contributed by atoms with Crippen LogP contribution in [-0.4, -0.2) is 11.7 Å². The van der Waals surface area contributed by atoms with Crippen LogP contribution in [0.1, 0.15) is 21.5 Å². The number of anilines is 1. The number of aryl methyl sites for hydroxylation is 1. The van der Waals surface area contributed by atoms with Crippen LogP contribution in [0.15, 0.2) is 36.4 Å². The molecule has 1 amide bonds. The van der Waals surface area contributed by atoms with E-state index in [4.69, 9.17) is 0 Å². The van der Waals surface area contributed by atoms with Crippen molar-refractivity contribution in [3.63, 3.8) is 0 Å².